The molecule has 1 aliphatic carbocycles. The van der Waals surface area contributed by atoms with Gasteiger partial charge < -0.3 is 25.9 Å². The minimum Gasteiger partial charge on any atom is -0.465 e. The first-order valence-electron chi connectivity index (χ1n) is 10.0. The number of carbonyl (C=O) groups excluding carboxylic acids is 2. The molecule has 0 fully saturated rings. The lowest BCUT2D eigenvalue weighted by Crippen LogP contribution is -2.30. The Morgan fingerprint density at radius 3 is 2.58 bits per heavy atom. The fourth-order valence-corrected chi connectivity index (χ4v) is 2.72. The number of nitrogens with one attached hydrogen (secondary N) is 3. The zero-order valence-electron chi connectivity index (χ0n) is 18.3. The fraction of sp³-hybridized carbons (Fsp3) is 0.364. The molecule has 0 saturated carbocycles. The van der Waals surface area contributed by atoms with Gasteiger partial charge in [-0.1, -0.05) is 13.0 Å². The summed E-state index contributed by atoms with van der Waals surface area (Å²) < 4.78 is 43.4. The molecule has 0 spiro atoms. The highest BCUT2D eigenvalue weighted by Gasteiger charge is 2.33. The number of aliphatic hydroxyl groups is 1. The average molecular weight is 466 g/mol. The van der Waals surface area contributed by atoms with Crippen molar-refractivity contribution < 1.29 is 32.6 Å². The van der Waals surface area contributed by atoms with E-state index in [0.717, 1.165) is 25.3 Å². The van der Waals surface area contributed by atoms with E-state index < -0.39 is 35.0 Å². The van der Waals surface area contributed by atoms with Crippen LogP contribution in [0.1, 0.15) is 42.9 Å². The number of alkyl halides is 3. The van der Waals surface area contributed by atoms with Crippen molar-refractivity contribution in [1.29, 1.82) is 5.41 Å². The SMILES string of the molecule is CCC(C)(O)CCN/C=C1/C=C(NC(=O)c2cccc(C(F)(F)F)n2)C(C(=O)OC)=CC1=N. The maximum atomic E-state index is 12.9. The van der Waals surface area contributed by atoms with E-state index in [4.69, 9.17) is 5.41 Å². The molecule has 4 N–H and O–H groups in total. The summed E-state index contributed by atoms with van der Waals surface area (Å²) in [5.74, 6) is -1.81. The van der Waals surface area contributed by atoms with Crippen LogP contribution in [0, 0.1) is 5.41 Å². The fourth-order valence-electron chi connectivity index (χ4n) is 2.72. The summed E-state index contributed by atoms with van der Waals surface area (Å²) in [6.45, 7) is 3.95. The first-order chi connectivity index (χ1) is 15.4. The summed E-state index contributed by atoms with van der Waals surface area (Å²) in [6, 6.07) is 2.89. The summed E-state index contributed by atoms with van der Waals surface area (Å²) in [4.78, 5) is 28.0. The normalized spacial score (nSPS) is 17.1. The number of carbonyl (C=O) groups is 2. The van der Waals surface area contributed by atoms with Crippen LogP contribution in [0.2, 0.25) is 0 Å². The van der Waals surface area contributed by atoms with Crippen molar-refractivity contribution in [3.05, 3.63) is 64.8 Å². The van der Waals surface area contributed by atoms with E-state index in [-0.39, 0.29) is 17.0 Å². The molecule has 1 atom stereocenters. The Labute approximate surface area is 188 Å². The second kappa shape index (κ2) is 10.4. The molecule has 11 heteroatoms. The van der Waals surface area contributed by atoms with Crippen LogP contribution in [0.25, 0.3) is 0 Å². The van der Waals surface area contributed by atoms with Gasteiger partial charge in [-0.05, 0) is 44.1 Å². The van der Waals surface area contributed by atoms with Crippen LogP contribution in [0.5, 0.6) is 0 Å². The summed E-state index contributed by atoms with van der Waals surface area (Å²) >= 11 is 0. The minimum atomic E-state index is -4.73. The van der Waals surface area contributed by atoms with E-state index in [0.29, 0.717) is 25.0 Å². The molecular weight excluding hydrogens is 441 g/mol. The molecule has 0 saturated heterocycles. The second-order valence-corrected chi connectivity index (χ2v) is 7.54. The van der Waals surface area contributed by atoms with Crippen molar-refractivity contribution in [3.63, 3.8) is 0 Å². The third-order valence-corrected chi connectivity index (χ3v) is 4.94. The number of pyridine rings is 1. The predicted octanol–water partition coefficient (Wildman–Crippen LogP) is 2.87. The molecule has 2 rings (SSSR count). The van der Waals surface area contributed by atoms with Gasteiger partial charge in [-0.2, -0.15) is 13.2 Å². The molecule has 1 aromatic heterocycles. The van der Waals surface area contributed by atoms with E-state index in [9.17, 15) is 27.9 Å². The standard InChI is InChI=1S/C22H25F3N4O4/c1-4-21(2,32)8-9-27-12-13-10-17(14(11-15(13)26)20(31)33-3)29-19(30)16-6-5-7-18(28-16)22(23,24)25/h5-7,10-12,26-27,32H,4,8-9H2,1-3H3,(H,29,30)/b13-12-,26-15?. The van der Waals surface area contributed by atoms with Gasteiger partial charge in [0.2, 0.25) is 0 Å². The molecule has 8 nitrogen and oxygen atoms in total. The molecular formula is C22H25F3N4O4. The quantitative estimate of drug-likeness (QED) is 0.345. The number of hydrogen-bond donors (Lipinski definition) is 4. The van der Waals surface area contributed by atoms with Crippen molar-refractivity contribution in [3.8, 4) is 0 Å². The topological polar surface area (TPSA) is 124 Å². The highest BCUT2D eigenvalue weighted by atomic mass is 19.4. The highest BCUT2D eigenvalue weighted by molar-refractivity contribution is 6.15. The number of esters is 1. The second-order valence-electron chi connectivity index (χ2n) is 7.54. The number of amides is 1. The van der Waals surface area contributed by atoms with Gasteiger partial charge in [-0.25, -0.2) is 9.78 Å². The molecule has 0 radical (unpaired) electrons. The summed E-state index contributed by atoms with van der Waals surface area (Å²) in [6.07, 6.45) is 0.260. The lowest BCUT2D eigenvalue weighted by molar-refractivity contribution is -0.141. The zero-order chi connectivity index (χ0) is 24.8. The monoisotopic (exact) mass is 466 g/mol. The van der Waals surface area contributed by atoms with Crippen LogP contribution >= 0.6 is 0 Å². The molecule has 1 heterocycles. The van der Waals surface area contributed by atoms with Crippen molar-refractivity contribution in [1.82, 2.24) is 15.6 Å². The van der Waals surface area contributed by atoms with Crippen molar-refractivity contribution in [2.75, 3.05) is 13.7 Å². The maximum Gasteiger partial charge on any atom is 0.433 e. The van der Waals surface area contributed by atoms with Gasteiger partial charge in [-0.15, -0.1) is 0 Å². The smallest absolute Gasteiger partial charge is 0.433 e. The predicted molar refractivity (Wildman–Crippen MR) is 114 cm³/mol. The Morgan fingerprint density at radius 1 is 1.27 bits per heavy atom. The molecule has 0 bridgehead atoms. The van der Waals surface area contributed by atoms with Gasteiger partial charge in [0.1, 0.15) is 11.4 Å². The number of nitrogens with zero attached hydrogens (tertiary/aromatic N) is 1. The molecule has 178 valence electrons. The van der Waals surface area contributed by atoms with Gasteiger partial charge in [0.05, 0.1) is 29.7 Å². The van der Waals surface area contributed by atoms with E-state index in [1.165, 1.54) is 18.4 Å². The Morgan fingerprint density at radius 2 is 1.97 bits per heavy atom. The number of rotatable bonds is 8. The van der Waals surface area contributed by atoms with Gasteiger partial charge in [-0.3, -0.25) is 4.79 Å². The molecule has 1 aromatic rings. The number of halogens is 3. The molecule has 0 aromatic carbocycles. The van der Waals surface area contributed by atoms with Crippen molar-refractivity contribution in [2.24, 2.45) is 0 Å². The zero-order valence-corrected chi connectivity index (χ0v) is 18.3. The van der Waals surface area contributed by atoms with Crippen LogP contribution in [0.3, 0.4) is 0 Å². The van der Waals surface area contributed by atoms with Crippen LogP contribution in [-0.4, -0.2) is 46.9 Å². The highest BCUT2D eigenvalue weighted by Crippen LogP contribution is 2.27. The Bertz CT molecular complexity index is 1030. The number of hydrogen-bond acceptors (Lipinski definition) is 7. The van der Waals surface area contributed by atoms with E-state index in [1.54, 1.807) is 6.92 Å². The number of ether oxygens (including phenoxy) is 1. The average Bonchev–Trinajstić information content (AvgIpc) is 2.77. The Balaban J connectivity index is 2.28. The Hall–Kier alpha value is -3.47. The number of aromatic nitrogens is 1. The first kappa shape index (κ1) is 25.8. The number of allylic oxidation sites excluding steroid dienone is 3. The third-order valence-electron chi connectivity index (χ3n) is 4.94. The van der Waals surface area contributed by atoms with Crippen molar-refractivity contribution >= 4 is 17.6 Å². The molecule has 33 heavy (non-hydrogen) atoms. The van der Waals surface area contributed by atoms with Crippen molar-refractivity contribution in [2.45, 2.75) is 38.5 Å². The lowest BCUT2D eigenvalue weighted by atomic mass is 9.97. The van der Waals surface area contributed by atoms with E-state index in [2.05, 4.69) is 20.4 Å². The summed E-state index contributed by atoms with van der Waals surface area (Å²) in [5.41, 5.74) is -2.54. The third kappa shape index (κ3) is 7.01. The van der Waals surface area contributed by atoms with Gasteiger partial charge in [0, 0.05) is 18.3 Å². The summed E-state index contributed by atoms with van der Waals surface area (Å²) in [5, 5.41) is 23.5. The maximum absolute atomic E-state index is 12.9. The van der Waals surface area contributed by atoms with Crippen LogP contribution in [0.4, 0.5) is 13.2 Å². The number of methoxy groups -OCH3 is 1. The largest absolute Gasteiger partial charge is 0.465 e. The lowest BCUT2D eigenvalue weighted by Gasteiger charge is -2.21. The van der Waals surface area contributed by atoms with Gasteiger partial charge >= 0.3 is 12.1 Å². The Kier molecular flexibility index (Phi) is 8.15. The summed E-state index contributed by atoms with van der Waals surface area (Å²) in [7, 11) is 1.12. The van der Waals surface area contributed by atoms with E-state index >= 15 is 0 Å². The van der Waals surface area contributed by atoms with Crippen LogP contribution < -0.4 is 10.6 Å². The molecule has 0 aliphatic heterocycles. The van der Waals surface area contributed by atoms with Gasteiger partial charge in [0.15, 0.2) is 0 Å². The van der Waals surface area contributed by atoms with Crippen LogP contribution in [0.15, 0.2) is 53.4 Å². The first-order valence-corrected chi connectivity index (χ1v) is 10.0. The van der Waals surface area contributed by atoms with E-state index in [1.807, 2.05) is 6.92 Å². The minimum absolute atomic E-state index is 0.0552. The van der Waals surface area contributed by atoms with Gasteiger partial charge in [0.25, 0.3) is 5.91 Å². The molecule has 1 amide bonds. The van der Waals surface area contributed by atoms with Crippen LogP contribution in [-0.2, 0) is 15.7 Å². The molecule has 1 aliphatic rings. The molecule has 1 unspecified atom stereocenters.